The number of rotatable bonds is 5. The van der Waals surface area contributed by atoms with Crippen LogP contribution in [0, 0.1) is 5.82 Å². The summed E-state index contributed by atoms with van der Waals surface area (Å²) < 4.78 is 52.2. The van der Waals surface area contributed by atoms with Gasteiger partial charge in [0.05, 0.1) is 11.3 Å². The summed E-state index contributed by atoms with van der Waals surface area (Å²) in [5.41, 5.74) is -0.576. The molecule has 3 nitrogen and oxygen atoms in total. The van der Waals surface area contributed by atoms with Gasteiger partial charge in [0, 0.05) is 23.8 Å². The largest absolute Gasteiger partial charge is 0.418 e. The van der Waals surface area contributed by atoms with E-state index in [0.29, 0.717) is 6.07 Å². The molecule has 0 saturated heterocycles. The van der Waals surface area contributed by atoms with Gasteiger partial charge in [-0.15, -0.1) is 0 Å². The van der Waals surface area contributed by atoms with E-state index in [1.807, 2.05) is 20.8 Å². The molecule has 0 radical (unpaired) electrons. The summed E-state index contributed by atoms with van der Waals surface area (Å²) in [4.78, 5) is 14.4. The molecule has 0 bridgehead atoms. The molecule has 0 fully saturated rings. The average Bonchev–Trinajstić information content (AvgIpc) is 2.56. The van der Waals surface area contributed by atoms with Gasteiger partial charge in [0.2, 0.25) is 0 Å². The first-order valence-corrected chi connectivity index (χ1v) is 8.18. The van der Waals surface area contributed by atoms with Crippen LogP contribution in [0.25, 0.3) is 0 Å². The molecule has 1 N–H and O–H groups in total. The van der Waals surface area contributed by atoms with Crippen LogP contribution < -0.4 is 10.2 Å². The van der Waals surface area contributed by atoms with Gasteiger partial charge in [-0.05, 0) is 63.2 Å². The third kappa shape index (κ3) is 4.53. The van der Waals surface area contributed by atoms with E-state index in [1.165, 1.54) is 0 Å². The van der Waals surface area contributed by atoms with Crippen molar-refractivity contribution in [3.05, 3.63) is 59.4 Å². The number of amides is 1. The number of nitrogens with zero attached hydrogens (tertiary/aromatic N) is 1. The number of benzene rings is 2. The summed E-state index contributed by atoms with van der Waals surface area (Å²) in [7, 11) is 0. The van der Waals surface area contributed by atoms with Crippen LogP contribution in [-0.2, 0) is 6.18 Å². The van der Waals surface area contributed by atoms with Crippen molar-refractivity contribution in [2.45, 2.75) is 33.0 Å². The lowest BCUT2D eigenvalue weighted by atomic mass is 10.1. The van der Waals surface area contributed by atoms with Gasteiger partial charge in [-0.2, -0.15) is 13.2 Å². The lowest BCUT2D eigenvalue weighted by Gasteiger charge is -2.27. The second kappa shape index (κ2) is 7.76. The molecule has 0 aromatic heterocycles. The highest BCUT2D eigenvalue weighted by Crippen LogP contribution is 2.35. The fourth-order valence-electron chi connectivity index (χ4n) is 2.70. The summed E-state index contributed by atoms with van der Waals surface area (Å²) in [5.74, 6) is -1.71. The van der Waals surface area contributed by atoms with E-state index in [1.54, 1.807) is 24.3 Å². The molecule has 7 heteroatoms. The maximum Gasteiger partial charge on any atom is 0.418 e. The van der Waals surface area contributed by atoms with Crippen LogP contribution in [-0.4, -0.2) is 18.5 Å². The minimum absolute atomic E-state index is 0.214. The monoisotopic (exact) mass is 368 g/mol. The molecule has 140 valence electrons. The summed E-state index contributed by atoms with van der Waals surface area (Å²) in [6.07, 6.45) is -4.77. The van der Waals surface area contributed by atoms with Gasteiger partial charge in [0.15, 0.2) is 0 Å². The highest BCUT2D eigenvalue weighted by Gasteiger charge is 2.34. The predicted octanol–water partition coefficient (Wildman–Crippen LogP) is 5.33. The first-order chi connectivity index (χ1) is 12.1. The van der Waals surface area contributed by atoms with Crippen molar-refractivity contribution in [3.63, 3.8) is 0 Å². The van der Waals surface area contributed by atoms with Crippen LogP contribution in [0.2, 0.25) is 0 Å². The molecule has 0 aliphatic rings. The van der Waals surface area contributed by atoms with E-state index in [2.05, 4.69) is 10.2 Å². The van der Waals surface area contributed by atoms with Gasteiger partial charge in [-0.3, -0.25) is 4.79 Å². The molecule has 2 rings (SSSR count). The van der Waals surface area contributed by atoms with Crippen LogP contribution in [0.15, 0.2) is 42.5 Å². The first-order valence-electron chi connectivity index (χ1n) is 8.18. The van der Waals surface area contributed by atoms with Crippen molar-refractivity contribution >= 4 is 17.3 Å². The minimum Gasteiger partial charge on any atom is -0.369 e. The lowest BCUT2D eigenvalue weighted by Crippen LogP contribution is -2.30. The van der Waals surface area contributed by atoms with E-state index in [-0.39, 0.29) is 11.6 Å². The normalized spacial score (nSPS) is 11.5. The Balaban J connectivity index is 2.24. The van der Waals surface area contributed by atoms with Gasteiger partial charge >= 0.3 is 6.18 Å². The molecule has 1 amide bonds. The van der Waals surface area contributed by atoms with Gasteiger partial charge in [0.25, 0.3) is 5.91 Å². The van der Waals surface area contributed by atoms with Crippen molar-refractivity contribution in [1.29, 1.82) is 0 Å². The summed E-state index contributed by atoms with van der Waals surface area (Å²) >= 11 is 0. The zero-order valence-corrected chi connectivity index (χ0v) is 14.7. The number of carbonyl (C=O) groups is 1. The van der Waals surface area contributed by atoms with Crippen LogP contribution >= 0.6 is 0 Å². The molecule has 0 spiro atoms. The highest BCUT2D eigenvalue weighted by molar-refractivity contribution is 6.04. The summed E-state index contributed by atoms with van der Waals surface area (Å²) in [5, 5.41) is 2.21. The molecule has 0 unspecified atom stereocenters. The topological polar surface area (TPSA) is 32.3 Å². The van der Waals surface area contributed by atoms with Gasteiger partial charge in [0.1, 0.15) is 5.82 Å². The molecule has 0 saturated carbocycles. The molecule has 26 heavy (non-hydrogen) atoms. The number of hydrogen-bond acceptors (Lipinski definition) is 2. The lowest BCUT2D eigenvalue weighted by molar-refractivity contribution is -0.137. The number of carbonyl (C=O) groups excluding carboxylic acids is 1. The Morgan fingerprint density at radius 2 is 1.73 bits per heavy atom. The average molecular weight is 368 g/mol. The predicted molar refractivity (Wildman–Crippen MR) is 94.0 cm³/mol. The number of alkyl halides is 3. The molecular weight excluding hydrogens is 348 g/mol. The SMILES string of the molecule is CCN(c1ccc(C(=O)Nc2ccc(F)cc2C(F)(F)F)cc1)C(C)C. The molecule has 0 atom stereocenters. The maximum atomic E-state index is 13.1. The minimum atomic E-state index is -4.77. The summed E-state index contributed by atoms with van der Waals surface area (Å²) in [6.45, 7) is 6.87. The Bertz CT molecular complexity index is 770. The standard InChI is InChI=1S/C19H20F4N2O/c1-4-25(12(2)3)15-8-5-13(6-9-15)18(26)24-17-10-7-14(20)11-16(17)19(21,22)23/h5-12H,4H2,1-3H3,(H,24,26). The Hall–Kier alpha value is -2.57. The van der Waals surface area contributed by atoms with Crippen molar-refractivity contribution in [2.24, 2.45) is 0 Å². The zero-order chi connectivity index (χ0) is 19.5. The van der Waals surface area contributed by atoms with Crippen molar-refractivity contribution in [3.8, 4) is 0 Å². The molecule has 2 aromatic rings. The first kappa shape index (κ1) is 19.8. The smallest absolute Gasteiger partial charge is 0.369 e. The molecule has 0 aliphatic heterocycles. The zero-order valence-electron chi connectivity index (χ0n) is 14.7. The maximum absolute atomic E-state index is 13.1. The van der Waals surface area contributed by atoms with Crippen LogP contribution in [0.4, 0.5) is 28.9 Å². The van der Waals surface area contributed by atoms with E-state index >= 15 is 0 Å². The quantitative estimate of drug-likeness (QED) is 0.724. The Kier molecular flexibility index (Phi) is 5.90. The number of hydrogen-bond donors (Lipinski definition) is 1. The second-order valence-corrected chi connectivity index (χ2v) is 6.07. The molecule has 0 aliphatic carbocycles. The van der Waals surface area contributed by atoms with Gasteiger partial charge in [-0.1, -0.05) is 0 Å². The summed E-state index contributed by atoms with van der Waals surface area (Å²) in [6, 6.07) is 8.99. The highest BCUT2D eigenvalue weighted by atomic mass is 19.4. The molecule has 2 aromatic carbocycles. The molecular formula is C19H20F4N2O. The Labute approximate surface area is 149 Å². The number of anilines is 2. The number of halogens is 4. The van der Waals surface area contributed by atoms with E-state index in [9.17, 15) is 22.4 Å². The third-order valence-corrected chi connectivity index (χ3v) is 3.96. The fourth-order valence-corrected chi connectivity index (χ4v) is 2.70. The van der Waals surface area contributed by atoms with Crippen molar-refractivity contribution in [1.82, 2.24) is 0 Å². The van der Waals surface area contributed by atoms with Crippen molar-refractivity contribution in [2.75, 3.05) is 16.8 Å². The molecule has 0 heterocycles. The third-order valence-electron chi connectivity index (χ3n) is 3.96. The second-order valence-electron chi connectivity index (χ2n) is 6.07. The number of nitrogens with one attached hydrogen (secondary N) is 1. The van der Waals surface area contributed by atoms with Crippen molar-refractivity contribution < 1.29 is 22.4 Å². The van der Waals surface area contributed by atoms with E-state index in [0.717, 1.165) is 24.4 Å². The van der Waals surface area contributed by atoms with Crippen LogP contribution in [0.1, 0.15) is 36.7 Å². The Morgan fingerprint density at radius 1 is 1.12 bits per heavy atom. The van der Waals surface area contributed by atoms with Crippen LogP contribution in [0.5, 0.6) is 0 Å². The van der Waals surface area contributed by atoms with E-state index < -0.39 is 29.2 Å². The van der Waals surface area contributed by atoms with Gasteiger partial charge < -0.3 is 10.2 Å². The van der Waals surface area contributed by atoms with Crippen LogP contribution in [0.3, 0.4) is 0 Å². The Morgan fingerprint density at radius 3 is 2.23 bits per heavy atom. The van der Waals surface area contributed by atoms with Gasteiger partial charge in [-0.25, -0.2) is 4.39 Å². The van der Waals surface area contributed by atoms with E-state index in [4.69, 9.17) is 0 Å². The fraction of sp³-hybridized carbons (Fsp3) is 0.316.